The molecule has 9 heteroatoms. The molecule has 1 saturated heterocycles. The summed E-state index contributed by atoms with van der Waals surface area (Å²) in [4.78, 5) is 21.6. The van der Waals surface area contributed by atoms with Crippen molar-refractivity contribution in [3.8, 4) is 11.5 Å². The van der Waals surface area contributed by atoms with Gasteiger partial charge in [-0.15, -0.1) is 0 Å². The molecule has 0 spiro atoms. The average molecular weight is 430 g/mol. The molecule has 4 rings (SSSR count). The van der Waals surface area contributed by atoms with Crippen molar-refractivity contribution >= 4 is 17.5 Å². The van der Waals surface area contributed by atoms with Crippen molar-refractivity contribution in [3.63, 3.8) is 0 Å². The molecule has 1 fully saturated rings. The second-order valence-electron chi connectivity index (χ2n) is 7.60. The van der Waals surface area contributed by atoms with Crippen LogP contribution in [0.1, 0.15) is 39.6 Å². The summed E-state index contributed by atoms with van der Waals surface area (Å²) in [6.07, 6.45) is 0.882. The highest BCUT2D eigenvalue weighted by Crippen LogP contribution is 2.25. The third kappa shape index (κ3) is 4.24. The van der Waals surface area contributed by atoms with Gasteiger partial charge < -0.3 is 13.9 Å². The van der Waals surface area contributed by atoms with Gasteiger partial charge in [0.2, 0.25) is 0 Å². The van der Waals surface area contributed by atoms with Gasteiger partial charge in [0.05, 0.1) is 12.2 Å². The summed E-state index contributed by atoms with van der Waals surface area (Å²) >= 11 is 6.02. The monoisotopic (exact) mass is 429 g/mol. The average Bonchev–Trinajstić information content (AvgIpc) is 3.20. The zero-order valence-electron chi connectivity index (χ0n) is 17.3. The number of rotatable bonds is 4. The lowest BCUT2D eigenvalue weighted by Gasteiger charge is -2.22. The molecule has 0 N–H and O–H groups in total. The van der Waals surface area contributed by atoms with E-state index in [0.717, 1.165) is 36.3 Å². The number of carbonyl (C=O) groups excluding carboxylic acids is 1. The van der Waals surface area contributed by atoms with E-state index >= 15 is 0 Å². The third-order valence-electron chi connectivity index (χ3n) is 5.37. The maximum absolute atomic E-state index is 13.0. The molecule has 1 aromatic carbocycles. The van der Waals surface area contributed by atoms with Gasteiger partial charge in [-0.1, -0.05) is 21.9 Å². The summed E-state index contributed by atoms with van der Waals surface area (Å²) < 4.78 is 10.6. The molecule has 1 amide bonds. The smallest absolute Gasteiger partial charge is 0.263 e. The van der Waals surface area contributed by atoms with E-state index in [-0.39, 0.29) is 5.91 Å². The maximum atomic E-state index is 13.0. The van der Waals surface area contributed by atoms with Crippen molar-refractivity contribution in [2.75, 3.05) is 26.2 Å². The van der Waals surface area contributed by atoms with Gasteiger partial charge in [-0.05, 0) is 51.0 Å². The maximum Gasteiger partial charge on any atom is 0.263 e. The molecular weight excluding hydrogens is 406 g/mol. The van der Waals surface area contributed by atoms with Crippen molar-refractivity contribution in [2.45, 2.75) is 33.7 Å². The highest BCUT2D eigenvalue weighted by molar-refractivity contribution is 6.30. The molecule has 30 heavy (non-hydrogen) atoms. The fourth-order valence-electron chi connectivity index (χ4n) is 3.78. The Bertz CT molecular complexity index is 1040. The lowest BCUT2D eigenvalue weighted by atomic mass is 10.1. The van der Waals surface area contributed by atoms with E-state index < -0.39 is 0 Å². The minimum atomic E-state index is 0.0475. The van der Waals surface area contributed by atoms with Gasteiger partial charge in [0.15, 0.2) is 5.82 Å². The van der Waals surface area contributed by atoms with Crippen LogP contribution >= 0.6 is 11.6 Å². The first kappa shape index (κ1) is 20.6. The van der Waals surface area contributed by atoms with E-state index in [2.05, 4.69) is 20.2 Å². The Hall–Kier alpha value is -2.71. The van der Waals surface area contributed by atoms with Crippen LogP contribution in [0.5, 0.6) is 0 Å². The first-order valence-corrected chi connectivity index (χ1v) is 10.3. The molecule has 0 atom stereocenters. The Balaban J connectivity index is 1.40. The lowest BCUT2D eigenvalue weighted by molar-refractivity contribution is 0.0760. The fourth-order valence-corrected chi connectivity index (χ4v) is 4.00. The summed E-state index contributed by atoms with van der Waals surface area (Å²) in [7, 11) is 0. The van der Waals surface area contributed by atoms with E-state index in [1.807, 2.05) is 31.7 Å². The van der Waals surface area contributed by atoms with Gasteiger partial charge in [-0.2, -0.15) is 4.98 Å². The van der Waals surface area contributed by atoms with Gasteiger partial charge in [-0.25, -0.2) is 0 Å². The van der Waals surface area contributed by atoms with Crippen molar-refractivity contribution in [1.82, 2.24) is 25.1 Å². The standard InChI is InChI=1S/C21H24ClN5O3/c1-13-11-16(22)5-6-17(13)21(28)27-8-4-7-26(9-10-27)12-18-23-20(30-25-18)19-14(2)24-29-15(19)3/h5-6,11H,4,7-10,12H2,1-3H3. The van der Waals surface area contributed by atoms with Gasteiger partial charge in [0, 0.05) is 36.8 Å². The number of benzene rings is 1. The fraction of sp³-hybridized carbons (Fsp3) is 0.429. The molecule has 3 heterocycles. The van der Waals surface area contributed by atoms with Gasteiger partial charge in [0.25, 0.3) is 11.8 Å². The Labute approximate surface area is 179 Å². The second-order valence-corrected chi connectivity index (χ2v) is 8.03. The zero-order valence-corrected chi connectivity index (χ0v) is 18.1. The number of aromatic nitrogens is 3. The molecule has 2 aromatic heterocycles. The van der Waals surface area contributed by atoms with Crippen LogP contribution in [0, 0.1) is 20.8 Å². The van der Waals surface area contributed by atoms with Crippen molar-refractivity contribution in [1.29, 1.82) is 0 Å². The van der Waals surface area contributed by atoms with Crippen LogP contribution in [0.4, 0.5) is 0 Å². The molecule has 3 aromatic rings. The quantitative estimate of drug-likeness (QED) is 0.625. The van der Waals surface area contributed by atoms with E-state index in [4.69, 9.17) is 20.6 Å². The first-order valence-electron chi connectivity index (χ1n) is 9.96. The van der Waals surface area contributed by atoms with Crippen LogP contribution < -0.4 is 0 Å². The number of carbonyl (C=O) groups is 1. The number of hydrogen-bond donors (Lipinski definition) is 0. The van der Waals surface area contributed by atoms with E-state index in [1.165, 1.54) is 0 Å². The van der Waals surface area contributed by atoms with Gasteiger partial charge in [0.1, 0.15) is 11.3 Å². The Morgan fingerprint density at radius 1 is 1.10 bits per heavy atom. The van der Waals surface area contributed by atoms with Gasteiger partial charge >= 0.3 is 0 Å². The summed E-state index contributed by atoms with van der Waals surface area (Å²) in [6.45, 7) is 9.11. The topological polar surface area (TPSA) is 88.5 Å². The predicted octanol–water partition coefficient (Wildman–Crippen LogP) is 3.65. The number of halogens is 1. The SMILES string of the molecule is Cc1cc(Cl)ccc1C(=O)N1CCCN(Cc2noc(-c3c(C)noc3C)n2)CC1. The zero-order chi connectivity index (χ0) is 21.3. The van der Waals surface area contributed by atoms with Crippen molar-refractivity contribution < 1.29 is 13.8 Å². The lowest BCUT2D eigenvalue weighted by Crippen LogP contribution is -2.35. The van der Waals surface area contributed by atoms with Crippen LogP contribution in [0.15, 0.2) is 27.2 Å². The first-order chi connectivity index (χ1) is 14.4. The summed E-state index contributed by atoms with van der Waals surface area (Å²) in [5, 5.41) is 8.68. The molecule has 158 valence electrons. The Morgan fingerprint density at radius 3 is 2.67 bits per heavy atom. The predicted molar refractivity (Wildman–Crippen MR) is 111 cm³/mol. The molecule has 0 radical (unpaired) electrons. The number of aryl methyl sites for hydroxylation is 3. The van der Waals surface area contributed by atoms with Crippen LogP contribution in [-0.2, 0) is 6.54 Å². The molecule has 1 aliphatic rings. The molecule has 0 unspecified atom stereocenters. The molecule has 0 saturated carbocycles. The van der Waals surface area contributed by atoms with Crippen LogP contribution in [0.2, 0.25) is 5.02 Å². The normalized spacial score (nSPS) is 15.4. The molecule has 1 aliphatic heterocycles. The van der Waals surface area contributed by atoms with Crippen LogP contribution in [-0.4, -0.2) is 57.2 Å². The highest BCUT2D eigenvalue weighted by atomic mass is 35.5. The minimum absolute atomic E-state index is 0.0475. The summed E-state index contributed by atoms with van der Waals surface area (Å²) in [5.41, 5.74) is 3.08. The van der Waals surface area contributed by atoms with Crippen molar-refractivity contribution in [2.24, 2.45) is 0 Å². The summed E-state index contributed by atoms with van der Waals surface area (Å²) in [5.74, 6) is 1.74. The number of hydrogen-bond acceptors (Lipinski definition) is 7. The molecule has 8 nitrogen and oxygen atoms in total. The molecule has 0 bridgehead atoms. The third-order valence-corrected chi connectivity index (χ3v) is 5.61. The van der Waals surface area contributed by atoms with Gasteiger partial charge in [-0.3, -0.25) is 9.69 Å². The Kier molecular flexibility index (Phi) is 5.87. The van der Waals surface area contributed by atoms with Crippen LogP contribution in [0.3, 0.4) is 0 Å². The number of nitrogens with zero attached hydrogens (tertiary/aromatic N) is 5. The van der Waals surface area contributed by atoms with E-state index in [1.54, 1.807) is 12.1 Å². The highest BCUT2D eigenvalue weighted by Gasteiger charge is 2.23. The largest absolute Gasteiger partial charge is 0.361 e. The molecule has 0 aliphatic carbocycles. The molecular formula is C21H24ClN5O3. The minimum Gasteiger partial charge on any atom is -0.361 e. The van der Waals surface area contributed by atoms with E-state index in [0.29, 0.717) is 47.7 Å². The van der Waals surface area contributed by atoms with E-state index in [9.17, 15) is 4.79 Å². The second kappa shape index (κ2) is 8.57. The van der Waals surface area contributed by atoms with Crippen LogP contribution in [0.25, 0.3) is 11.5 Å². The summed E-state index contributed by atoms with van der Waals surface area (Å²) in [6, 6.07) is 5.39. The van der Waals surface area contributed by atoms with Crippen molar-refractivity contribution in [3.05, 3.63) is 51.6 Å². The number of amides is 1. The Morgan fingerprint density at radius 2 is 1.93 bits per heavy atom.